The number of hydrogen-bond donors (Lipinski definition) is 1. The fourth-order valence-electron chi connectivity index (χ4n) is 2.57. The zero-order chi connectivity index (χ0) is 12.3. The van der Waals surface area contributed by atoms with Crippen molar-refractivity contribution < 1.29 is 4.74 Å². The van der Waals surface area contributed by atoms with Crippen molar-refractivity contribution in [3.05, 3.63) is 23.3 Å². The van der Waals surface area contributed by atoms with Crippen LogP contribution in [-0.4, -0.2) is 26.0 Å². The number of rotatable bonds is 4. The molecule has 1 fully saturated rings. The summed E-state index contributed by atoms with van der Waals surface area (Å²) in [6.07, 6.45) is 5.80. The Balaban J connectivity index is 2.30. The van der Waals surface area contributed by atoms with Gasteiger partial charge in [-0.15, -0.1) is 11.8 Å². The zero-order valence-electron chi connectivity index (χ0n) is 10.9. The molecule has 1 aromatic carbocycles. The van der Waals surface area contributed by atoms with Gasteiger partial charge in [0.25, 0.3) is 0 Å². The smallest absolute Gasteiger partial charge is 0.126 e. The van der Waals surface area contributed by atoms with Crippen LogP contribution in [0.25, 0.3) is 0 Å². The summed E-state index contributed by atoms with van der Waals surface area (Å²) in [6.45, 7) is 3.28. The van der Waals surface area contributed by atoms with Crippen LogP contribution in [0.4, 0.5) is 0 Å². The lowest BCUT2D eigenvalue weighted by Crippen LogP contribution is -2.24. The maximum atomic E-state index is 5.59. The molecule has 1 aromatic rings. The lowest BCUT2D eigenvalue weighted by Gasteiger charge is -2.18. The fraction of sp³-hybridized carbons (Fsp3) is 0.571. The molecule has 1 heterocycles. The van der Waals surface area contributed by atoms with Gasteiger partial charge in [0, 0.05) is 16.5 Å². The average molecular weight is 251 g/mol. The highest BCUT2D eigenvalue weighted by molar-refractivity contribution is 7.98. The summed E-state index contributed by atoms with van der Waals surface area (Å²) in [5.41, 5.74) is 2.61. The Morgan fingerprint density at radius 3 is 2.88 bits per heavy atom. The van der Waals surface area contributed by atoms with E-state index in [2.05, 4.69) is 30.6 Å². The molecule has 1 saturated heterocycles. The summed E-state index contributed by atoms with van der Waals surface area (Å²) in [4.78, 5) is 1.35. The first-order chi connectivity index (χ1) is 8.26. The highest BCUT2D eigenvalue weighted by atomic mass is 32.2. The van der Waals surface area contributed by atoms with E-state index in [9.17, 15) is 0 Å². The van der Waals surface area contributed by atoms with E-state index < -0.39 is 0 Å². The minimum atomic E-state index is 0.622. The average Bonchev–Trinajstić information content (AvgIpc) is 2.83. The molecule has 0 saturated carbocycles. The van der Waals surface area contributed by atoms with E-state index in [1.165, 1.54) is 28.9 Å². The topological polar surface area (TPSA) is 21.3 Å². The molecule has 1 N–H and O–H groups in total. The van der Waals surface area contributed by atoms with Gasteiger partial charge in [-0.1, -0.05) is 6.07 Å². The molecule has 94 valence electrons. The Hall–Kier alpha value is -0.670. The van der Waals surface area contributed by atoms with Crippen LogP contribution >= 0.6 is 11.8 Å². The van der Waals surface area contributed by atoms with Gasteiger partial charge in [0.05, 0.1) is 7.11 Å². The minimum absolute atomic E-state index is 0.622. The Kier molecular flexibility index (Phi) is 4.35. The fourth-order valence-corrected chi connectivity index (χ4v) is 3.20. The highest BCUT2D eigenvalue weighted by Crippen LogP contribution is 2.33. The predicted molar refractivity (Wildman–Crippen MR) is 74.2 cm³/mol. The lowest BCUT2D eigenvalue weighted by atomic mass is 10.0. The molecule has 0 aromatic heterocycles. The maximum absolute atomic E-state index is 5.59. The molecule has 1 unspecified atom stereocenters. The molecule has 3 heteroatoms. The second-order valence-corrected chi connectivity index (χ2v) is 5.44. The molecule has 0 amide bonds. The van der Waals surface area contributed by atoms with Gasteiger partial charge in [-0.3, -0.25) is 0 Å². The first kappa shape index (κ1) is 12.8. The van der Waals surface area contributed by atoms with E-state index in [0.29, 0.717) is 6.04 Å². The maximum Gasteiger partial charge on any atom is 0.126 e. The molecule has 0 spiro atoms. The number of thioether (sulfide) groups is 1. The number of ether oxygens (including phenoxy) is 1. The normalized spacial score (nSPS) is 19.6. The molecule has 0 radical (unpaired) electrons. The number of hydrogen-bond acceptors (Lipinski definition) is 3. The van der Waals surface area contributed by atoms with E-state index in [4.69, 9.17) is 4.74 Å². The molecule has 2 nitrogen and oxygen atoms in total. The Labute approximate surface area is 108 Å². The number of nitrogens with one attached hydrogen (secondary N) is 1. The highest BCUT2D eigenvalue weighted by Gasteiger charge is 2.19. The van der Waals surface area contributed by atoms with Crippen LogP contribution in [0.2, 0.25) is 0 Å². The van der Waals surface area contributed by atoms with Crippen molar-refractivity contribution in [2.75, 3.05) is 19.9 Å². The van der Waals surface area contributed by atoms with Gasteiger partial charge in [-0.25, -0.2) is 0 Å². The van der Waals surface area contributed by atoms with E-state index >= 15 is 0 Å². The standard InChI is InChI=1S/C14H21NOS/c1-10-6-7-13(17-3)12(14(10)16-2)9-11-5-4-8-15-11/h6-7,11,15H,4-5,8-9H2,1-3H3. The molecular weight excluding hydrogens is 230 g/mol. The summed E-state index contributed by atoms with van der Waals surface area (Å²) in [5, 5.41) is 3.56. The Morgan fingerprint density at radius 2 is 2.29 bits per heavy atom. The number of methoxy groups -OCH3 is 1. The van der Waals surface area contributed by atoms with Crippen molar-refractivity contribution in [3.63, 3.8) is 0 Å². The Bertz CT molecular complexity index is 386. The molecular formula is C14H21NOS. The zero-order valence-corrected chi connectivity index (χ0v) is 11.7. The number of aryl methyl sites for hydroxylation is 1. The molecule has 1 aliphatic rings. The predicted octanol–water partition coefficient (Wildman–Crippen LogP) is 3.02. The second-order valence-electron chi connectivity index (χ2n) is 4.59. The van der Waals surface area contributed by atoms with Gasteiger partial charge in [-0.05, 0) is 50.6 Å². The summed E-state index contributed by atoms with van der Waals surface area (Å²) in [5.74, 6) is 1.07. The van der Waals surface area contributed by atoms with Gasteiger partial charge in [-0.2, -0.15) is 0 Å². The summed E-state index contributed by atoms with van der Waals surface area (Å²) in [7, 11) is 1.78. The first-order valence-corrected chi connectivity index (χ1v) is 7.42. The SMILES string of the molecule is COc1c(C)ccc(SC)c1CC1CCCN1. The van der Waals surface area contributed by atoms with Crippen LogP contribution in [0.1, 0.15) is 24.0 Å². The monoisotopic (exact) mass is 251 g/mol. The molecule has 1 aliphatic heterocycles. The van der Waals surface area contributed by atoms with Crippen molar-refractivity contribution >= 4 is 11.8 Å². The van der Waals surface area contributed by atoms with Gasteiger partial charge in [0.15, 0.2) is 0 Å². The van der Waals surface area contributed by atoms with Crippen LogP contribution < -0.4 is 10.1 Å². The van der Waals surface area contributed by atoms with Crippen molar-refractivity contribution in [1.82, 2.24) is 5.32 Å². The van der Waals surface area contributed by atoms with E-state index in [1.54, 1.807) is 7.11 Å². The molecule has 1 atom stereocenters. The van der Waals surface area contributed by atoms with Crippen molar-refractivity contribution in [1.29, 1.82) is 0 Å². The van der Waals surface area contributed by atoms with Gasteiger partial charge < -0.3 is 10.1 Å². The third-order valence-corrected chi connectivity index (χ3v) is 4.27. The molecule has 0 aliphatic carbocycles. The van der Waals surface area contributed by atoms with Crippen LogP contribution in [0, 0.1) is 6.92 Å². The van der Waals surface area contributed by atoms with Crippen LogP contribution in [0.3, 0.4) is 0 Å². The number of benzene rings is 1. The third-order valence-electron chi connectivity index (χ3n) is 3.45. The van der Waals surface area contributed by atoms with Gasteiger partial charge in [0.1, 0.15) is 5.75 Å². The summed E-state index contributed by atoms with van der Waals surface area (Å²) >= 11 is 1.81. The first-order valence-electron chi connectivity index (χ1n) is 6.20. The van der Waals surface area contributed by atoms with Crippen molar-refractivity contribution in [2.24, 2.45) is 0 Å². The van der Waals surface area contributed by atoms with Gasteiger partial charge in [0.2, 0.25) is 0 Å². The Morgan fingerprint density at radius 1 is 1.47 bits per heavy atom. The van der Waals surface area contributed by atoms with Crippen LogP contribution in [0.15, 0.2) is 17.0 Å². The van der Waals surface area contributed by atoms with E-state index in [1.807, 2.05) is 11.8 Å². The van der Waals surface area contributed by atoms with Gasteiger partial charge >= 0.3 is 0 Å². The second kappa shape index (κ2) is 5.78. The van der Waals surface area contributed by atoms with E-state index in [-0.39, 0.29) is 0 Å². The van der Waals surface area contributed by atoms with Crippen LogP contribution in [-0.2, 0) is 6.42 Å². The molecule has 17 heavy (non-hydrogen) atoms. The minimum Gasteiger partial charge on any atom is -0.496 e. The lowest BCUT2D eigenvalue weighted by molar-refractivity contribution is 0.401. The van der Waals surface area contributed by atoms with Crippen LogP contribution in [0.5, 0.6) is 5.75 Å². The summed E-state index contributed by atoms with van der Waals surface area (Å²) in [6, 6.07) is 4.99. The van der Waals surface area contributed by atoms with Crippen molar-refractivity contribution in [3.8, 4) is 5.75 Å². The molecule has 0 bridgehead atoms. The summed E-state index contributed by atoms with van der Waals surface area (Å²) < 4.78 is 5.59. The van der Waals surface area contributed by atoms with E-state index in [0.717, 1.165) is 18.7 Å². The van der Waals surface area contributed by atoms with Crippen molar-refractivity contribution in [2.45, 2.75) is 37.1 Å². The largest absolute Gasteiger partial charge is 0.496 e. The quantitative estimate of drug-likeness (QED) is 0.831. The third kappa shape index (κ3) is 2.78. The molecule has 2 rings (SSSR count).